The van der Waals surface area contributed by atoms with Crippen LogP contribution in [0.15, 0.2) is 0 Å². The minimum absolute atomic E-state index is 0.974. The van der Waals surface area contributed by atoms with Gasteiger partial charge in [-0.05, 0) is 96.7 Å². The largest absolute Gasteiger partial charge is 0.317 e. The average molecular weight is 253 g/mol. The summed E-state index contributed by atoms with van der Waals surface area (Å²) in [5, 5.41) is 7.10. The Balaban J connectivity index is 1.43. The molecule has 2 rings (SSSR count). The van der Waals surface area contributed by atoms with Crippen molar-refractivity contribution in [2.45, 2.75) is 38.5 Å². The minimum atomic E-state index is 0.974. The topological polar surface area (TPSA) is 27.3 Å². The predicted molar refractivity (Wildman–Crippen MR) is 77.9 cm³/mol. The van der Waals surface area contributed by atoms with Gasteiger partial charge in [0.05, 0.1) is 0 Å². The van der Waals surface area contributed by atoms with E-state index in [2.05, 4.69) is 22.6 Å². The summed E-state index contributed by atoms with van der Waals surface area (Å²) >= 11 is 0. The molecule has 0 atom stereocenters. The minimum Gasteiger partial charge on any atom is -0.317 e. The van der Waals surface area contributed by atoms with Crippen LogP contribution >= 0.6 is 0 Å². The fourth-order valence-electron chi connectivity index (χ4n) is 3.26. The molecule has 0 aromatic heterocycles. The van der Waals surface area contributed by atoms with Crippen LogP contribution in [0.5, 0.6) is 0 Å². The number of hydrogen-bond donors (Lipinski definition) is 2. The van der Waals surface area contributed by atoms with Crippen molar-refractivity contribution in [1.82, 2.24) is 15.5 Å². The molecule has 3 nitrogen and oxygen atoms in total. The summed E-state index contributed by atoms with van der Waals surface area (Å²) in [7, 11) is 2.24. The van der Waals surface area contributed by atoms with E-state index in [1.807, 2.05) is 0 Å². The van der Waals surface area contributed by atoms with Gasteiger partial charge in [-0.15, -0.1) is 0 Å². The second-order valence-corrected chi connectivity index (χ2v) is 6.27. The Morgan fingerprint density at radius 3 is 2.11 bits per heavy atom. The number of nitrogens with zero attached hydrogens (tertiary/aromatic N) is 1. The Morgan fingerprint density at radius 2 is 1.50 bits per heavy atom. The standard InChI is InChI=1S/C15H31N3/c1-18-12-6-15(7-13-18)5-11-17-10-4-14-2-8-16-9-3-14/h14-17H,2-13H2,1H3. The van der Waals surface area contributed by atoms with Crippen molar-refractivity contribution in [2.75, 3.05) is 46.3 Å². The first-order chi connectivity index (χ1) is 8.84. The SMILES string of the molecule is CN1CCC(CCNCCC2CCNCC2)CC1. The predicted octanol–water partition coefficient (Wildman–Crippen LogP) is 1.70. The van der Waals surface area contributed by atoms with Gasteiger partial charge < -0.3 is 15.5 Å². The van der Waals surface area contributed by atoms with Crippen LogP contribution in [0.25, 0.3) is 0 Å². The summed E-state index contributed by atoms with van der Waals surface area (Å²) in [6, 6.07) is 0. The Labute approximate surface area is 113 Å². The lowest BCUT2D eigenvalue weighted by atomic mass is 9.93. The summed E-state index contributed by atoms with van der Waals surface area (Å²) in [4.78, 5) is 2.46. The van der Waals surface area contributed by atoms with Crippen LogP contribution in [0.4, 0.5) is 0 Å². The summed E-state index contributed by atoms with van der Waals surface area (Å²) in [6.45, 7) is 7.55. The highest BCUT2D eigenvalue weighted by Crippen LogP contribution is 2.19. The fraction of sp³-hybridized carbons (Fsp3) is 1.00. The smallest absolute Gasteiger partial charge is 0.00191 e. The first-order valence-corrected chi connectivity index (χ1v) is 7.94. The van der Waals surface area contributed by atoms with Gasteiger partial charge in [-0.3, -0.25) is 0 Å². The van der Waals surface area contributed by atoms with E-state index < -0.39 is 0 Å². The van der Waals surface area contributed by atoms with Gasteiger partial charge in [-0.25, -0.2) is 0 Å². The monoisotopic (exact) mass is 253 g/mol. The lowest BCUT2D eigenvalue weighted by Crippen LogP contribution is -2.32. The molecule has 3 heteroatoms. The van der Waals surface area contributed by atoms with Crippen LogP contribution in [-0.4, -0.2) is 51.2 Å². The molecular formula is C15H31N3. The van der Waals surface area contributed by atoms with Gasteiger partial charge in [0, 0.05) is 0 Å². The Bertz CT molecular complexity index is 206. The Hall–Kier alpha value is -0.120. The second kappa shape index (κ2) is 8.13. The molecule has 2 heterocycles. The Morgan fingerprint density at radius 1 is 0.944 bits per heavy atom. The molecule has 2 aliphatic rings. The molecule has 0 amide bonds. The highest BCUT2D eigenvalue weighted by molar-refractivity contribution is 4.72. The molecule has 2 N–H and O–H groups in total. The van der Waals surface area contributed by atoms with E-state index in [4.69, 9.17) is 0 Å². The normalized spacial score (nSPS) is 24.5. The molecule has 0 bridgehead atoms. The number of nitrogens with one attached hydrogen (secondary N) is 2. The van der Waals surface area contributed by atoms with Crippen molar-refractivity contribution in [2.24, 2.45) is 11.8 Å². The molecule has 0 saturated carbocycles. The third-order valence-electron chi connectivity index (χ3n) is 4.76. The van der Waals surface area contributed by atoms with Gasteiger partial charge in [0.2, 0.25) is 0 Å². The van der Waals surface area contributed by atoms with E-state index in [0.717, 1.165) is 11.8 Å². The highest BCUT2D eigenvalue weighted by Gasteiger charge is 2.16. The van der Waals surface area contributed by atoms with Gasteiger partial charge in [-0.1, -0.05) is 0 Å². The fourth-order valence-corrected chi connectivity index (χ4v) is 3.26. The molecule has 0 aromatic carbocycles. The van der Waals surface area contributed by atoms with Crippen molar-refractivity contribution >= 4 is 0 Å². The first kappa shape index (κ1) is 14.3. The second-order valence-electron chi connectivity index (χ2n) is 6.27. The van der Waals surface area contributed by atoms with E-state index in [-0.39, 0.29) is 0 Å². The molecule has 2 saturated heterocycles. The van der Waals surface area contributed by atoms with Gasteiger partial charge in [-0.2, -0.15) is 0 Å². The van der Waals surface area contributed by atoms with Crippen LogP contribution in [0, 0.1) is 11.8 Å². The zero-order valence-electron chi connectivity index (χ0n) is 12.1. The first-order valence-electron chi connectivity index (χ1n) is 7.94. The Kier molecular flexibility index (Phi) is 6.46. The molecule has 106 valence electrons. The van der Waals surface area contributed by atoms with E-state index in [1.165, 1.54) is 77.8 Å². The number of rotatable bonds is 6. The van der Waals surface area contributed by atoms with Crippen LogP contribution in [0.2, 0.25) is 0 Å². The van der Waals surface area contributed by atoms with Crippen molar-refractivity contribution in [3.63, 3.8) is 0 Å². The molecule has 0 aliphatic carbocycles. The van der Waals surface area contributed by atoms with E-state index in [1.54, 1.807) is 0 Å². The van der Waals surface area contributed by atoms with E-state index in [0.29, 0.717) is 0 Å². The lowest BCUT2D eigenvalue weighted by molar-refractivity contribution is 0.211. The third kappa shape index (κ3) is 5.25. The number of likely N-dealkylation sites (tertiary alicyclic amines) is 1. The van der Waals surface area contributed by atoms with Crippen LogP contribution in [0.1, 0.15) is 38.5 Å². The van der Waals surface area contributed by atoms with Crippen molar-refractivity contribution in [3.8, 4) is 0 Å². The van der Waals surface area contributed by atoms with E-state index >= 15 is 0 Å². The molecule has 18 heavy (non-hydrogen) atoms. The molecule has 0 spiro atoms. The molecule has 2 fully saturated rings. The van der Waals surface area contributed by atoms with Crippen molar-refractivity contribution in [1.29, 1.82) is 0 Å². The molecule has 0 aromatic rings. The summed E-state index contributed by atoms with van der Waals surface area (Å²) < 4.78 is 0. The maximum absolute atomic E-state index is 3.66. The average Bonchev–Trinajstić information content (AvgIpc) is 2.42. The zero-order chi connectivity index (χ0) is 12.6. The van der Waals surface area contributed by atoms with Gasteiger partial charge >= 0.3 is 0 Å². The molecule has 0 unspecified atom stereocenters. The van der Waals surface area contributed by atoms with Crippen LogP contribution in [0.3, 0.4) is 0 Å². The van der Waals surface area contributed by atoms with Gasteiger partial charge in [0.25, 0.3) is 0 Å². The van der Waals surface area contributed by atoms with Crippen molar-refractivity contribution in [3.05, 3.63) is 0 Å². The zero-order valence-corrected chi connectivity index (χ0v) is 12.1. The summed E-state index contributed by atoms with van der Waals surface area (Å²) in [6.07, 6.45) is 8.36. The third-order valence-corrected chi connectivity index (χ3v) is 4.76. The van der Waals surface area contributed by atoms with E-state index in [9.17, 15) is 0 Å². The molecule has 0 radical (unpaired) electrons. The maximum atomic E-state index is 3.66. The van der Waals surface area contributed by atoms with Gasteiger partial charge in [0.1, 0.15) is 0 Å². The summed E-state index contributed by atoms with van der Waals surface area (Å²) in [5.41, 5.74) is 0. The molecule has 2 aliphatic heterocycles. The quantitative estimate of drug-likeness (QED) is 0.706. The lowest BCUT2D eigenvalue weighted by Gasteiger charge is -2.29. The highest BCUT2D eigenvalue weighted by atomic mass is 15.1. The maximum Gasteiger partial charge on any atom is -0.00191 e. The van der Waals surface area contributed by atoms with Crippen LogP contribution < -0.4 is 10.6 Å². The number of piperidine rings is 2. The van der Waals surface area contributed by atoms with Crippen molar-refractivity contribution < 1.29 is 0 Å². The number of hydrogen-bond acceptors (Lipinski definition) is 3. The summed E-state index contributed by atoms with van der Waals surface area (Å²) in [5.74, 6) is 1.95. The molecular weight excluding hydrogens is 222 g/mol. The van der Waals surface area contributed by atoms with Crippen LogP contribution in [-0.2, 0) is 0 Å². The van der Waals surface area contributed by atoms with Gasteiger partial charge in [0.15, 0.2) is 0 Å².